The Morgan fingerprint density at radius 2 is 1.74 bits per heavy atom. The molecule has 1 saturated carbocycles. The van der Waals surface area contributed by atoms with Gasteiger partial charge in [-0.3, -0.25) is 9.36 Å². The fourth-order valence-corrected chi connectivity index (χ4v) is 4.27. The molecule has 0 radical (unpaired) electrons. The zero-order valence-corrected chi connectivity index (χ0v) is 18.2. The van der Waals surface area contributed by atoms with Crippen molar-refractivity contribution in [3.63, 3.8) is 0 Å². The van der Waals surface area contributed by atoms with E-state index in [9.17, 15) is 13.6 Å². The molecule has 1 aliphatic rings. The second kappa shape index (κ2) is 7.72. The molecule has 0 atom stereocenters. The molecule has 0 saturated heterocycles. The number of aromatic nitrogens is 5. The third kappa shape index (κ3) is 3.49. The standard InChI is InChI=1S/C25H19F2N5O2/c1-31-21-13-16(5-11-20(21)29-30-31)23-24(33)32(17-6-8-18(9-7-17)34-25(26)27)22-12-15(14-2-3-14)4-10-19(22)28-23/h4-14,25H,2-3H2,1H3. The van der Waals surface area contributed by atoms with Crippen LogP contribution in [0.1, 0.15) is 24.3 Å². The first-order chi connectivity index (χ1) is 16.5. The smallest absolute Gasteiger partial charge is 0.387 e. The molecule has 1 fully saturated rings. The third-order valence-electron chi connectivity index (χ3n) is 6.13. The molecule has 0 spiro atoms. The normalized spacial score (nSPS) is 13.8. The SMILES string of the molecule is Cn1nnc2ccc(-c3nc4ccc(C5CC5)cc4n(-c4ccc(OC(F)F)cc4)c3=O)cc21. The van der Waals surface area contributed by atoms with E-state index >= 15 is 0 Å². The summed E-state index contributed by atoms with van der Waals surface area (Å²) in [5, 5.41) is 8.12. The number of hydrogen-bond donors (Lipinski definition) is 0. The van der Waals surface area contributed by atoms with Gasteiger partial charge in [0.05, 0.1) is 16.6 Å². The second-order valence-electron chi connectivity index (χ2n) is 8.41. The van der Waals surface area contributed by atoms with E-state index in [-0.39, 0.29) is 17.0 Å². The molecule has 2 heterocycles. The summed E-state index contributed by atoms with van der Waals surface area (Å²) in [6, 6.07) is 17.5. The number of rotatable bonds is 5. The van der Waals surface area contributed by atoms with E-state index in [1.54, 1.807) is 40.6 Å². The van der Waals surface area contributed by atoms with Gasteiger partial charge in [0.2, 0.25) is 0 Å². The van der Waals surface area contributed by atoms with Crippen LogP contribution in [0.4, 0.5) is 8.78 Å². The van der Waals surface area contributed by atoms with Crippen LogP contribution in [0.5, 0.6) is 5.75 Å². The first-order valence-electron chi connectivity index (χ1n) is 10.9. The fraction of sp³-hybridized carbons (Fsp3) is 0.200. The Kier molecular flexibility index (Phi) is 4.65. The average Bonchev–Trinajstić information content (AvgIpc) is 3.62. The molecule has 3 aromatic carbocycles. The maximum atomic E-state index is 13.8. The molecular weight excluding hydrogens is 440 g/mol. The molecular formula is C25H19F2N5O2. The number of ether oxygens (including phenoxy) is 1. The van der Waals surface area contributed by atoms with Crippen LogP contribution in [0.3, 0.4) is 0 Å². The minimum Gasteiger partial charge on any atom is -0.435 e. The maximum Gasteiger partial charge on any atom is 0.387 e. The van der Waals surface area contributed by atoms with Crippen molar-refractivity contribution >= 4 is 22.1 Å². The summed E-state index contributed by atoms with van der Waals surface area (Å²) < 4.78 is 32.9. The van der Waals surface area contributed by atoms with Gasteiger partial charge >= 0.3 is 6.61 Å². The van der Waals surface area contributed by atoms with Gasteiger partial charge in [-0.15, -0.1) is 5.10 Å². The van der Waals surface area contributed by atoms with Crippen molar-refractivity contribution < 1.29 is 13.5 Å². The minimum absolute atomic E-state index is 0.0261. The van der Waals surface area contributed by atoms with E-state index < -0.39 is 6.61 Å². The molecule has 9 heteroatoms. The number of hydrogen-bond acceptors (Lipinski definition) is 5. The Bertz CT molecular complexity index is 1600. The van der Waals surface area contributed by atoms with Crippen LogP contribution in [0.25, 0.3) is 39.0 Å². The summed E-state index contributed by atoms with van der Waals surface area (Å²) in [6.07, 6.45) is 2.25. The summed E-state index contributed by atoms with van der Waals surface area (Å²) in [5.74, 6) is 0.521. The van der Waals surface area contributed by atoms with Gasteiger partial charge in [0, 0.05) is 18.3 Å². The molecule has 170 valence electrons. The van der Waals surface area contributed by atoms with Crippen molar-refractivity contribution in [2.75, 3.05) is 0 Å². The lowest BCUT2D eigenvalue weighted by molar-refractivity contribution is -0.0498. The number of nitrogens with zero attached hydrogens (tertiary/aromatic N) is 5. The van der Waals surface area contributed by atoms with Crippen molar-refractivity contribution in [3.8, 4) is 22.7 Å². The predicted octanol–water partition coefficient (Wildman–Crippen LogP) is 4.81. The van der Waals surface area contributed by atoms with Crippen molar-refractivity contribution in [2.24, 2.45) is 7.05 Å². The summed E-state index contributed by atoms with van der Waals surface area (Å²) in [4.78, 5) is 18.5. The van der Waals surface area contributed by atoms with Crippen LogP contribution in [-0.4, -0.2) is 31.2 Å². The fourth-order valence-electron chi connectivity index (χ4n) is 4.27. The number of aryl methyl sites for hydroxylation is 1. The van der Waals surface area contributed by atoms with E-state index in [4.69, 9.17) is 4.98 Å². The number of benzene rings is 3. The van der Waals surface area contributed by atoms with Crippen LogP contribution in [0.2, 0.25) is 0 Å². The zero-order valence-electron chi connectivity index (χ0n) is 18.2. The lowest BCUT2D eigenvalue weighted by atomic mass is 10.1. The highest BCUT2D eigenvalue weighted by molar-refractivity contribution is 5.84. The van der Waals surface area contributed by atoms with Crippen molar-refractivity contribution in [1.82, 2.24) is 24.5 Å². The van der Waals surface area contributed by atoms with Crippen LogP contribution < -0.4 is 10.3 Å². The van der Waals surface area contributed by atoms with Crippen LogP contribution in [-0.2, 0) is 7.05 Å². The largest absolute Gasteiger partial charge is 0.435 e. The highest BCUT2D eigenvalue weighted by Gasteiger charge is 2.25. The van der Waals surface area contributed by atoms with Crippen LogP contribution in [0.15, 0.2) is 65.5 Å². The van der Waals surface area contributed by atoms with Gasteiger partial charge in [0.25, 0.3) is 5.56 Å². The lowest BCUT2D eigenvalue weighted by Crippen LogP contribution is -2.22. The van der Waals surface area contributed by atoms with Gasteiger partial charge in [-0.2, -0.15) is 8.78 Å². The lowest BCUT2D eigenvalue weighted by Gasteiger charge is -2.14. The molecule has 1 aliphatic carbocycles. The summed E-state index contributed by atoms with van der Waals surface area (Å²) >= 11 is 0. The van der Waals surface area contributed by atoms with Crippen molar-refractivity contribution in [2.45, 2.75) is 25.4 Å². The maximum absolute atomic E-state index is 13.8. The summed E-state index contributed by atoms with van der Waals surface area (Å²) in [5.41, 5.74) is 5.15. The monoisotopic (exact) mass is 459 g/mol. The topological polar surface area (TPSA) is 74.8 Å². The van der Waals surface area contributed by atoms with Gasteiger partial charge in [0.15, 0.2) is 0 Å². The second-order valence-corrected chi connectivity index (χ2v) is 8.41. The van der Waals surface area contributed by atoms with E-state index in [1.165, 1.54) is 12.1 Å². The number of fused-ring (bicyclic) bond motifs is 2. The molecule has 34 heavy (non-hydrogen) atoms. The quantitative estimate of drug-likeness (QED) is 0.377. The Morgan fingerprint density at radius 1 is 0.971 bits per heavy atom. The molecule has 5 aromatic rings. The summed E-state index contributed by atoms with van der Waals surface area (Å²) in [7, 11) is 1.79. The summed E-state index contributed by atoms with van der Waals surface area (Å²) in [6.45, 7) is -2.92. The van der Waals surface area contributed by atoms with Gasteiger partial charge in [-0.25, -0.2) is 9.67 Å². The van der Waals surface area contributed by atoms with Crippen molar-refractivity contribution in [3.05, 3.63) is 76.6 Å². The van der Waals surface area contributed by atoms with Gasteiger partial charge in [-0.05, 0) is 72.9 Å². The molecule has 7 nitrogen and oxygen atoms in total. The van der Waals surface area contributed by atoms with Crippen LogP contribution in [0, 0.1) is 0 Å². The van der Waals surface area contributed by atoms with Gasteiger partial charge in [0.1, 0.15) is 17.0 Å². The highest BCUT2D eigenvalue weighted by atomic mass is 19.3. The predicted molar refractivity (Wildman–Crippen MR) is 123 cm³/mol. The Labute approximate surface area is 192 Å². The molecule has 6 rings (SSSR count). The van der Waals surface area contributed by atoms with E-state index in [2.05, 4.69) is 21.1 Å². The molecule has 2 aromatic heterocycles. The Morgan fingerprint density at radius 3 is 2.47 bits per heavy atom. The van der Waals surface area contributed by atoms with Crippen molar-refractivity contribution in [1.29, 1.82) is 0 Å². The zero-order chi connectivity index (χ0) is 23.4. The molecule has 0 N–H and O–H groups in total. The van der Waals surface area contributed by atoms with E-state index in [0.717, 1.165) is 29.4 Å². The third-order valence-corrected chi connectivity index (χ3v) is 6.13. The van der Waals surface area contributed by atoms with Crippen LogP contribution >= 0.6 is 0 Å². The van der Waals surface area contributed by atoms with Gasteiger partial charge < -0.3 is 4.74 Å². The minimum atomic E-state index is -2.92. The average molecular weight is 459 g/mol. The highest BCUT2D eigenvalue weighted by Crippen LogP contribution is 2.41. The first kappa shape index (κ1) is 20.5. The van der Waals surface area contributed by atoms with E-state index in [1.807, 2.05) is 18.2 Å². The molecule has 0 unspecified atom stereocenters. The number of alkyl halides is 2. The molecule has 0 bridgehead atoms. The Balaban J connectivity index is 1.58. The van der Waals surface area contributed by atoms with E-state index in [0.29, 0.717) is 28.2 Å². The Hall–Kier alpha value is -4.14. The first-order valence-corrected chi connectivity index (χ1v) is 10.9. The molecule has 0 aliphatic heterocycles. The number of halogens is 2. The van der Waals surface area contributed by atoms with Gasteiger partial charge in [-0.1, -0.05) is 17.3 Å². The molecule has 0 amide bonds.